The van der Waals surface area contributed by atoms with Crippen LogP contribution in [0.5, 0.6) is 0 Å². The Kier molecular flexibility index (Phi) is 7.16. The number of hydrogen-bond acceptors (Lipinski definition) is 7. The SMILES string of the molecule is CCNc1cccnc1N1CCN(C(=O)c2ccc(C(=O)NCC3CCCO3)cn2)CC1. The van der Waals surface area contributed by atoms with Crippen molar-refractivity contribution in [3.05, 3.63) is 47.9 Å². The first-order valence-corrected chi connectivity index (χ1v) is 11.2. The Morgan fingerprint density at radius 2 is 2.00 bits per heavy atom. The van der Waals surface area contributed by atoms with Gasteiger partial charge in [0.2, 0.25) is 0 Å². The van der Waals surface area contributed by atoms with Crippen molar-refractivity contribution in [1.82, 2.24) is 20.2 Å². The Morgan fingerprint density at radius 1 is 1.16 bits per heavy atom. The van der Waals surface area contributed by atoms with Crippen molar-refractivity contribution in [2.24, 2.45) is 0 Å². The molecule has 2 amide bonds. The predicted molar refractivity (Wildman–Crippen MR) is 122 cm³/mol. The van der Waals surface area contributed by atoms with Gasteiger partial charge in [-0.15, -0.1) is 0 Å². The second-order valence-electron chi connectivity index (χ2n) is 7.96. The molecular weight excluding hydrogens is 408 g/mol. The lowest BCUT2D eigenvalue weighted by molar-refractivity contribution is 0.0739. The third kappa shape index (κ3) is 5.16. The summed E-state index contributed by atoms with van der Waals surface area (Å²) in [5.74, 6) is 0.592. The molecule has 4 rings (SSSR count). The monoisotopic (exact) mass is 438 g/mol. The number of piperazine rings is 1. The van der Waals surface area contributed by atoms with Crippen LogP contribution in [0.2, 0.25) is 0 Å². The zero-order valence-electron chi connectivity index (χ0n) is 18.4. The molecule has 2 aliphatic heterocycles. The van der Waals surface area contributed by atoms with Gasteiger partial charge in [0.15, 0.2) is 5.82 Å². The predicted octanol–water partition coefficient (Wildman–Crippen LogP) is 1.78. The van der Waals surface area contributed by atoms with E-state index in [0.29, 0.717) is 44.0 Å². The van der Waals surface area contributed by atoms with Crippen molar-refractivity contribution < 1.29 is 14.3 Å². The van der Waals surface area contributed by atoms with Gasteiger partial charge in [0.25, 0.3) is 11.8 Å². The van der Waals surface area contributed by atoms with Crippen LogP contribution in [0.15, 0.2) is 36.7 Å². The minimum atomic E-state index is -0.201. The average molecular weight is 439 g/mol. The van der Waals surface area contributed by atoms with Crippen LogP contribution in [0.1, 0.15) is 40.6 Å². The Hall–Kier alpha value is -3.20. The van der Waals surface area contributed by atoms with Gasteiger partial charge < -0.3 is 25.2 Å². The number of nitrogens with one attached hydrogen (secondary N) is 2. The van der Waals surface area contributed by atoms with Crippen LogP contribution < -0.4 is 15.5 Å². The third-order valence-electron chi connectivity index (χ3n) is 5.78. The highest BCUT2D eigenvalue weighted by Crippen LogP contribution is 2.24. The second kappa shape index (κ2) is 10.4. The molecule has 2 fully saturated rings. The lowest BCUT2D eigenvalue weighted by atomic mass is 10.2. The van der Waals surface area contributed by atoms with Crippen molar-refractivity contribution in [2.45, 2.75) is 25.9 Å². The van der Waals surface area contributed by atoms with Gasteiger partial charge in [-0.1, -0.05) is 0 Å². The summed E-state index contributed by atoms with van der Waals surface area (Å²) in [4.78, 5) is 38.0. The normalized spacial score (nSPS) is 18.5. The van der Waals surface area contributed by atoms with E-state index in [1.54, 1.807) is 23.2 Å². The van der Waals surface area contributed by atoms with E-state index in [1.807, 2.05) is 12.1 Å². The highest BCUT2D eigenvalue weighted by Gasteiger charge is 2.25. The molecule has 0 saturated carbocycles. The fourth-order valence-electron chi connectivity index (χ4n) is 4.03. The Balaban J connectivity index is 1.31. The Bertz CT molecular complexity index is 922. The maximum Gasteiger partial charge on any atom is 0.272 e. The quantitative estimate of drug-likeness (QED) is 0.680. The summed E-state index contributed by atoms with van der Waals surface area (Å²) < 4.78 is 5.52. The van der Waals surface area contributed by atoms with E-state index >= 15 is 0 Å². The molecule has 0 spiro atoms. The van der Waals surface area contributed by atoms with Gasteiger partial charge in [0, 0.05) is 58.3 Å². The van der Waals surface area contributed by atoms with Crippen molar-refractivity contribution >= 4 is 23.3 Å². The summed E-state index contributed by atoms with van der Waals surface area (Å²) in [5, 5.41) is 6.21. The van der Waals surface area contributed by atoms with Crippen LogP contribution in [0.4, 0.5) is 11.5 Å². The lowest BCUT2D eigenvalue weighted by Gasteiger charge is -2.36. The number of ether oxygens (including phenoxy) is 1. The first-order chi connectivity index (χ1) is 15.7. The van der Waals surface area contributed by atoms with E-state index in [2.05, 4.69) is 32.4 Å². The van der Waals surface area contributed by atoms with Crippen LogP contribution in [-0.4, -0.2) is 78.7 Å². The Morgan fingerprint density at radius 3 is 2.69 bits per heavy atom. The summed E-state index contributed by atoms with van der Waals surface area (Å²) in [6.45, 7) is 6.71. The number of aromatic nitrogens is 2. The van der Waals surface area contributed by atoms with Crippen molar-refractivity contribution in [1.29, 1.82) is 0 Å². The maximum atomic E-state index is 12.9. The molecule has 2 aromatic heterocycles. The summed E-state index contributed by atoms with van der Waals surface area (Å²) in [5.41, 5.74) is 1.79. The zero-order chi connectivity index (χ0) is 22.3. The number of carbonyl (C=O) groups excluding carboxylic acids is 2. The number of rotatable bonds is 7. The molecule has 0 radical (unpaired) electrons. The molecule has 1 atom stereocenters. The molecule has 0 aliphatic carbocycles. The molecule has 2 saturated heterocycles. The van der Waals surface area contributed by atoms with Crippen LogP contribution >= 0.6 is 0 Å². The van der Waals surface area contributed by atoms with E-state index in [0.717, 1.165) is 37.5 Å². The first-order valence-electron chi connectivity index (χ1n) is 11.2. The third-order valence-corrected chi connectivity index (χ3v) is 5.78. The van der Waals surface area contributed by atoms with Gasteiger partial charge in [-0.05, 0) is 44.0 Å². The molecule has 2 N–H and O–H groups in total. The molecule has 2 aliphatic rings. The standard InChI is InChI=1S/C23H30N6O3/c1-2-24-19-6-3-9-25-21(19)28-10-12-29(13-11-28)23(31)20-8-7-17(15-26-20)22(30)27-16-18-5-4-14-32-18/h3,6-9,15,18,24H,2,4-5,10-14,16H2,1H3,(H,27,30). The lowest BCUT2D eigenvalue weighted by Crippen LogP contribution is -2.49. The summed E-state index contributed by atoms with van der Waals surface area (Å²) in [6, 6.07) is 7.21. The van der Waals surface area contributed by atoms with Crippen molar-refractivity contribution in [2.75, 3.05) is 56.1 Å². The number of anilines is 2. The number of amides is 2. The second-order valence-corrected chi connectivity index (χ2v) is 7.96. The van der Waals surface area contributed by atoms with Gasteiger partial charge in [-0.3, -0.25) is 14.6 Å². The molecular formula is C23H30N6O3. The van der Waals surface area contributed by atoms with Crippen molar-refractivity contribution in [3.63, 3.8) is 0 Å². The van der Waals surface area contributed by atoms with Crippen LogP contribution in [-0.2, 0) is 4.74 Å². The molecule has 9 nitrogen and oxygen atoms in total. The first kappa shape index (κ1) is 22.0. The van der Waals surface area contributed by atoms with E-state index in [1.165, 1.54) is 6.20 Å². The molecule has 0 bridgehead atoms. The average Bonchev–Trinajstić information content (AvgIpc) is 3.37. The van der Waals surface area contributed by atoms with Crippen LogP contribution in [0.3, 0.4) is 0 Å². The highest BCUT2D eigenvalue weighted by atomic mass is 16.5. The number of nitrogens with zero attached hydrogens (tertiary/aromatic N) is 4. The van der Waals surface area contributed by atoms with Crippen molar-refractivity contribution in [3.8, 4) is 0 Å². The van der Waals surface area contributed by atoms with Gasteiger partial charge >= 0.3 is 0 Å². The smallest absolute Gasteiger partial charge is 0.272 e. The molecule has 0 aromatic carbocycles. The minimum Gasteiger partial charge on any atom is -0.382 e. The zero-order valence-corrected chi connectivity index (χ0v) is 18.4. The topological polar surface area (TPSA) is 99.7 Å². The van der Waals surface area contributed by atoms with Crippen LogP contribution in [0, 0.1) is 0 Å². The molecule has 1 unspecified atom stereocenters. The summed E-state index contributed by atoms with van der Waals surface area (Å²) in [6.07, 6.45) is 5.34. The molecule has 9 heteroatoms. The molecule has 32 heavy (non-hydrogen) atoms. The molecule has 4 heterocycles. The van der Waals surface area contributed by atoms with E-state index in [9.17, 15) is 9.59 Å². The Labute approximate surface area is 188 Å². The fraction of sp³-hybridized carbons (Fsp3) is 0.478. The minimum absolute atomic E-state index is 0.0892. The highest BCUT2D eigenvalue weighted by molar-refractivity contribution is 5.96. The number of carbonyl (C=O) groups is 2. The van der Waals surface area contributed by atoms with Gasteiger partial charge in [-0.25, -0.2) is 4.98 Å². The molecule has 170 valence electrons. The largest absolute Gasteiger partial charge is 0.382 e. The van der Waals surface area contributed by atoms with Crippen LogP contribution in [0.25, 0.3) is 0 Å². The summed E-state index contributed by atoms with van der Waals surface area (Å²) >= 11 is 0. The number of hydrogen-bond donors (Lipinski definition) is 2. The fourth-order valence-corrected chi connectivity index (χ4v) is 4.03. The molecule has 2 aromatic rings. The van der Waals surface area contributed by atoms with Gasteiger partial charge in [-0.2, -0.15) is 0 Å². The summed E-state index contributed by atoms with van der Waals surface area (Å²) in [7, 11) is 0. The van der Waals surface area contributed by atoms with E-state index in [-0.39, 0.29) is 17.9 Å². The maximum absolute atomic E-state index is 12.9. The number of pyridine rings is 2. The van der Waals surface area contributed by atoms with Gasteiger partial charge in [0.05, 0.1) is 17.4 Å². The van der Waals surface area contributed by atoms with E-state index < -0.39 is 0 Å². The van der Waals surface area contributed by atoms with Gasteiger partial charge in [0.1, 0.15) is 5.69 Å². The van der Waals surface area contributed by atoms with E-state index in [4.69, 9.17) is 4.74 Å².